The molecule has 130 valence electrons. The molecule has 6 heteroatoms. The largest absolute Gasteiger partial charge is 0.496 e. The van der Waals surface area contributed by atoms with Crippen LogP contribution in [-0.2, 0) is 9.31 Å². The third-order valence-corrected chi connectivity index (χ3v) is 6.29. The SMILES string of the molecule is CN1C[C@H]2CN(c3ccc(B4OC(C)(C)C(C)(C)O4)cn3)C[C@@H]2C1. The Bertz CT molecular complexity index is 589. The summed E-state index contributed by atoms with van der Waals surface area (Å²) in [6.07, 6.45) is 1.91. The monoisotopic (exact) mass is 329 g/mol. The van der Waals surface area contributed by atoms with E-state index in [4.69, 9.17) is 14.3 Å². The van der Waals surface area contributed by atoms with E-state index in [1.807, 2.05) is 6.20 Å². The van der Waals surface area contributed by atoms with E-state index in [1.54, 1.807) is 0 Å². The fourth-order valence-corrected chi connectivity index (χ4v) is 4.12. The number of hydrogen-bond donors (Lipinski definition) is 0. The summed E-state index contributed by atoms with van der Waals surface area (Å²) in [5.41, 5.74) is 0.375. The average molecular weight is 329 g/mol. The number of fused-ring (bicyclic) bond motifs is 1. The van der Waals surface area contributed by atoms with Gasteiger partial charge in [-0.05, 0) is 52.6 Å². The molecule has 5 nitrogen and oxygen atoms in total. The van der Waals surface area contributed by atoms with E-state index < -0.39 is 0 Å². The lowest BCUT2D eigenvalue weighted by Crippen LogP contribution is -2.41. The smallest absolute Gasteiger partial charge is 0.399 e. The molecule has 0 aromatic carbocycles. The highest BCUT2D eigenvalue weighted by Gasteiger charge is 2.51. The van der Waals surface area contributed by atoms with Crippen molar-refractivity contribution in [1.29, 1.82) is 0 Å². The molecule has 3 aliphatic heterocycles. The highest BCUT2D eigenvalue weighted by Crippen LogP contribution is 2.36. The predicted octanol–water partition coefficient (Wildman–Crippen LogP) is 1.38. The normalized spacial score (nSPS) is 31.7. The molecule has 0 unspecified atom stereocenters. The third kappa shape index (κ3) is 2.65. The van der Waals surface area contributed by atoms with Crippen molar-refractivity contribution < 1.29 is 9.31 Å². The Labute approximate surface area is 145 Å². The predicted molar refractivity (Wildman–Crippen MR) is 96.6 cm³/mol. The van der Waals surface area contributed by atoms with Crippen LogP contribution >= 0.6 is 0 Å². The van der Waals surface area contributed by atoms with Gasteiger partial charge in [0.05, 0.1) is 11.2 Å². The highest BCUT2D eigenvalue weighted by molar-refractivity contribution is 6.62. The minimum atomic E-state index is -0.330. The molecule has 4 heterocycles. The topological polar surface area (TPSA) is 37.8 Å². The first-order chi connectivity index (χ1) is 11.2. The molecule has 0 N–H and O–H groups in total. The Morgan fingerprint density at radius 2 is 1.58 bits per heavy atom. The van der Waals surface area contributed by atoms with E-state index in [2.05, 4.69) is 56.7 Å². The van der Waals surface area contributed by atoms with Gasteiger partial charge in [0.25, 0.3) is 0 Å². The van der Waals surface area contributed by atoms with Crippen molar-refractivity contribution in [3.63, 3.8) is 0 Å². The molecule has 3 aliphatic rings. The number of nitrogens with zero attached hydrogens (tertiary/aromatic N) is 3. The first-order valence-electron chi connectivity index (χ1n) is 9.00. The van der Waals surface area contributed by atoms with Crippen molar-refractivity contribution in [2.24, 2.45) is 11.8 Å². The van der Waals surface area contributed by atoms with Crippen LogP contribution in [0.5, 0.6) is 0 Å². The summed E-state index contributed by atoms with van der Waals surface area (Å²) in [5, 5.41) is 0. The van der Waals surface area contributed by atoms with Crippen LogP contribution in [0, 0.1) is 11.8 Å². The van der Waals surface area contributed by atoms with E-state index in [0.29, 0.717) is 0 Å². The fourth-order valence-electron chi connectivity index (χ4n) is 4.12. The molecule has 0 spiro atoms. The molecular weight excluding hydrogens is 301 g/mol. The summed E-state index contributed by atoms with van der Waals surface area (Å²) in [6, 6.07) is 4.22. The van der Waals surface area contributed by atoms with Gasteiger partial charge >= 0.3 is 7.12 Å². The number of anilines is 1. The second-order valence-corrected chi connectivity index (χ2v) is 8.68. The van der Waals surface area contributed by atoms with Gasteiger partial charge < -0.3 is 19.1 Å². The maximum atomic E-state index is 6.11. The Hall–Kier alpha value is -1.11. The van der Waals surface area contributed by atoms with E-state index in [-0.39, 0.29) is 18.3 Å². The van der Waals surface area contributed by atoms with Gasteiger partial charge in [0.1, 0.15) is 5.82 Å². The van der Waals surface area contributed by atoms with Gasteiger partial charge in [-0.2, -0.15) is 0 Å². The van der Waals surface area contributed by atoms with Crippen LogP contribution in [0.15, 0.2) is 18.3 Å². The lowest BCUT2D eigenvalue weighted by Gasteiger charge is -2.32. The van der Waals surface area contributed by atoms with Crippen LogP contribution in [0.3, 0.4) is 0 Å². The van der Waals surface area contributed by atoms with E-state index in [1.165, 1.54) is 13.1 Å². The van der Waals surface area contributed by atoms with E-state index in [0.717, 1.165) is 36.2 Å². The highest BCUT2D eigenvalue weighted by atomic mass is 16.7. The molecule has 4 rings (SSSR count). The zero-order valence-corrected chi connectivity index (χ0v) is 15.5. The second kappa shape index (κ2) is 5.45. The molecule has 3 saturated heterocycles. The standard InChI is InChI=1S/C18H28BN3O2/c1-17(2)18(3,4)24-19(23-17)15-6-7-16(20-8-15)22-11-13-9-21(5)10-14(13)12-22/h6-8,13-14H,9-12H2,1-5H3/t13-,14-/m0/s1. The summed E-state index contributed by atoms with van der Waals surface area (Å²) < 4.78 is 12.2. The summed E-state index contributed by atoms with van der Waals surface area (Å²) in [4.78, 5) is 9.57. The Morgan fingerprint density at radius 1 is 1.00 bits per heavy atom. The molecule has 3 fully saturated rings. The van der Waals surface area contributed by atoms with Gasteiger partial charge in [0.15, 0.2) is 0 Å². The Balaban J connectivity index is 1.45. The number of hydrogen-bond acceptors (Lipinski definition) is 5. The first kappa shape index (κ1) is 16.4. The van der Waals surface area contributed by atoms with Crippen molar-refractivity contribution in [2.75, 3.05) is 38.1 Å². The molecular formula is C18H28BN3O2. The third-order valence-electron chi connectivity index (χ3n) is 6.29. The molecule has 1 aromatic rings. The first-order valence-corrected chi connectivity index (χ1v) is 9.00. The average Bonchev–Trinajstić information content (AvgIpc) is 3.09. The van der Waals surface area contributed by atoms with Gasteiger partial charge in [0, 0.05) is 37.8 Å². The van der Waals surface area contributed by atoms with Gasteiger partial charge in [0.2, 0.25) is 0 Å². The van der Waals surface area contributed by atoms with Crippen molar-refractivity contribution in [2.45, 2.75) is 38.9 Å². The van der Waals surface area contributed by atoms with Gasteiger partial charge in [-0.1, -0.05) is 6.07 Å². The maximum Gasteiger partial charge on any atom is 0.496 e. The minimum absolute atomic E-state index is 0.311. The van der Waals surface area contributed by atoms with Gasteiger partial charge in [-0.3, -0.25) is 0 Å². The van der Waals surface area contributed by atoms with Crippen LogP contribution in [0.25, 0.3) is 0 Å². The van der Waals surface area contributed by atoms with Crippen molar-refractivity contribution >= 4 is 18.4 Å². The van der Waals surface area contributed by atoms with Crippen molar-refractivity contribution in [1.82, 2.24) is 9.88 Å². The summed E-state index contributed by atoms with van der Waals surface area (Å²) in [5.74, 6) is 2.66. The Morgan fingerprint density at radius 3 is 2.08 bits per heavy atom. The number of aromatic nitrogens is 1. The number of rotatable bonds is 2. The summed E-state index contributed by atoms with van der Waals surface area (Å²) in [6.45, 7) is 13.0. The molecule has 0 saturated carbocycles. The molecule has 0 aliphatic carbocycles. The molecule has 0 radical (unpaired) electrons. The fraction of sp³-hybridized carbons (Fsp3) is 0.722. The minimum Gasteiger partial charge on any atom is -0.399 e. The molecule has 24 heavy (non-hydrogen) atoms. The summed E-state index contributed by atoms with van der Waals surface area (Å²) in [7, 11) is 1.89. The lowest BCUT2D eigenvalue weighted by atomic mass is 9.80. The van der Waals surface area contributed by atoms with Crippen molar-refractivity contribution in [3.05, 3.63) is 18.3 Å². The van der Waals surface area contributed by atoms with Gasteiger partial charge in [-0.15, -0.1) is 0 Å². The zero-order valence-electron chi connectivity index (χ0n) is 15.5. The maximum absolute atomic E-state index is 6.11. The van der Waals surface area contributed by atoms with Crippen LogP contribution in [0.2, 0.25) is 0 Å². The second-order valence-electron chi connectivity index (χ2n) is 8.68. The molecule has 0 amide bonds. The summed E-state index contributed by atoms with van der Waals surface area (Å²) >= 11 is 0. The van der Waals surface area contributed by atoms with Crippen molar-refractivity contribution in [3.8, 4) is 0 Å². The number of pyridine rings is 1. The lowest BCUT2D eigenvalue weighted by molar-refractivity contribution is 0.00578. The quantitative estimate of drug-likeness (QED) is 0.767. The molecule has 2 atom stereocenters. The van der Waals surface area contributed by atoms with Crippen LogP contribution < -0.4 is 10.4 Å². The van der Waals surface area contributed by atoms with E-state index in [9.17, 15) is 0 Å². The zero-order chi connectivity index (χ0) is 17.1. The molecule has 1 aromatic heterocycles. The van der Waals surface area contributed by atoms with E-state index >= 15 is 0 Å². The van der Waals surface area contributed by atoms with Crippen LogP contribution in [0.1, 0.15) is 27.7 Å². The van der Waals surface area contributed by atoms with Gasteiger partial charge in [-0.25, -0.2) is 4.98 Å². The number of likely N-dealkylation sites (tertiary alicyclic amines) is 1. The molecule has 0 bridgehead atoms. The van der Waals surface area contributed by atoms with Crippen LogP contribution in [-0.4, -0.2) is 61.4 Å². The Kier molecular flexibility index (Phi) is 3.71. The van der Waals surface area contributed by atoms with Crippen LogP contribution in [0.4, 0.5) is 5.82 Å².